The number of carbonyl (C=O) groups is 3. The number of ether oxygens (including phenoxy) is 3. The third-order valence-electron chi connectivity index (χ3n) is 5.09. The van der Waals surface area contributed by atoms with Crippen molar-refractivity contribution in [3.63, 3.8) is 0 Å². The van der Waals surface area contributed by atoms with Gasteiger partial charge >= 0.3 is 18.0 Å². The Balaban J connectivity index is 2.10. The van der Waals surface area contributed by atoms with Gasteiger partial charge in [0.1, 0.15) is 22.1 Å². The minimum absolute atomic E-state index is 0.0754. The van der Waals surface area contributed by atoms with Gasteiger partial charge in [-0.3, -0.25) is 5.32 Å². The van der Waals surface area contributed by atoms with Gasteiger partial charge in [0.05, 0.1) is 12.2 Å². The summed E-state index contributed by atoms with van der Waals surface area (Å²) in [5, 5.41) is 2.80. The topological polar surface area (TPSA) is 90.9 Å². The Labute approximate surface area is 212 Å². The molecule has 1 N–H and O–H groups in total. The molecule has 0 saturated heterocycles. The van der Waals surface area contributed by atoms with Crippen molar-refractivity contribution in [2.75, 3.05) is 11.9 Å². The van der Waals surface area contributed by atoms with E-state index in [0.717, 1.165) is 36.2 Å². The first-order valence-corrected chi connectivity index (χ1v) is 13.0. The molecule has 0 spiro atoms. The highest BCUT2D eigenvalue weighted by Crippen LogP contribution is 2.35. The molecule has 8 heteroatoms. The molecule has 7 nitrogen and oxygen atoms in total. The number of hydrogen-bond donors (Lipinski definition) is 1. The lowest BCUT2D eigenvalue weighted by Gasteiger charge is -2.20. The predicted octanol–water partition coefficient (Wildman–Crippen LogP) is 7.28. The maximum absolute atomic E-state index is 12.9. The van der Waals surface area contributed by atoms with Gasteiger partial charge in [0, 0.05) is 0 Å². The van der Waals surface area contributed by atoms with Gasteiger partial charge in [-0.2, -0.15) is 0 Å². The largest absolute Gasteiger partial charge is 0.462 e. The number of anilines is 1. The zero-order valence-corrected chi connectivity index (χ0v) is 22.2. The summed E-state index contributed by atoms with van der Waals surface area (Å²) >= 11 is 0.986. The van der Waals surface area contributed by atoms with Crippen LogP contribution in [0.4, 0.5) is 9.80 Å². The van der Waals surface area contributed by atoms with Crippen LogP contribution >= 0.6 is 11.3 Å². The summed E-state index contributed by atoms with van der Waals surface area (Å²) in [6.07, 6.45) is 5.75. The van der Waals surface area contributed by atoms with E-state index in [4.69, 9.17) is 14.2 Å². The van der Waals surface area contributed by atoms with Crippen molar-refractivity contribution in [1.29, 1.82) is 0 Å². The molecule has 35 heavy (non-hydrogen) atoms. The van der Waals surface area contributed by atoms with Crippen LogP contribution in [-0.4, -0.2) is 30.2 Å². The van der Waals surface area contributed by atoms with Crippen LogP contribution in [0, 0.1) is 6.92 Å². The Kier molecular flexibility index (Phi) is 11.2. The van der Waals surface area contributed by atoms with Crippen LogP contribution in [0.3, 0.4) is 0 Å². The van der Waals surface area contributed by atoms with Gasteiger partial charge in [-0.15, -0.1) is 11.3 Å². The summed E-state index contributed by atoms with van der Waals surface area (Å²) in [6, 6.07) is 9.25. The molecule has 0 atom stereocenters. The molecule has 0 saturated carbocycles. The van der Waals surface area contributed by atoms with Crippen LogP contribution in [-0.2, 0) is 20.8 Å². The number of carbonyl (C=O) groups excluding carboxylic acids is 3. The molecule has 2 aromatic rings. The van der Waals surface area contributed by atoms with Crippen molar-refractivity contribution in [3.05, 3.63) is 51.9 Å². The number of nitrogens with one attached hydrogen (secondary N) is 1. The van der Waals surface area contributed by atoms with Crippen LogP contribution in [0.15, 0.2) is 30.3 Å². The second-order valence-corrected chi connectivity index (χ2v) is 10.4. The van der Waals surface area contributed by atoms with Gasteiger partial charge in [0.15, 0.2) is 0 Å². The molecular formula is C27H37NO6S. The zero-order valence-electron chi connectivity index (χ0n) is 21.4. The summed E-state index contributed by atoms with van der Waals surface area (Å²) in [5.41, 5.74) is 0.634. The molecule has 0 aliphatic heterocycles. The van der Waals surface area contributed by atoms with Gasteiger partial charge in [-0.25, -0.2) is 14.4 Å². The van der Waals surface area contributed by atoms with Crippen LogP contribution < -0.4 is 5.32 Å². The average molecular weight is 504 g/mol. The molecule has 0 bridgehead atoms. The predicted molar refractivity (Wildman–Crippen MR) is 138 cm³/mol. The average Bonchev–Trinajstić information content (AvgIpc) is 3.12. The molecule has 0 aliphatic carbocycles. The Morgan fingerprint density at radius 3 is 2.23 bits per heavy atom. The van der Waals surface area contributed by atoms with Crippen molar-refractivity contribution in [3.8, 4) is 0 Å². The van der Waals surface area contributed by atoms with E-state index in [1.54, 1.807) is 27.7 Å². The third kappa shape index (κ3) is 9.72. The van der Waals surface area contributed by atoms with E-state index >= 15 is 0 Å². The van der Waals surface area contributed by atoms with Gasteiger partial charge < -0.3 is 14.2 Å². The third-order valence-corrected chi connectivity index (χ3v) is 6.28. The molecule has 2 rings (SSSR count). The van der Waals surface area contributed by atoms with Crippen LogP contribution in [0.1, 0.15) is 97.4 Å². The second-order valence-electron chi connectivity index (χ2n) is 9.35. The molecule has 0 radical (unpaired) electrons. The maximum atomic E-state index is 12.9. The fraction of sp³-hybridized carbons (Fsp3) is 0.519. The molecule has 1 aromatic carbocycles. The lowest BCUT2D eigenvalue weighted by Crippen LogP contribution is -2.25. The first-order chi connectivity index (χ1) is 16.6. The summed E-state index contributed by atoms with van der Waals surface area (Å²) < 4.78 is 16.3. The molecule has 0 unspecified atom stereocenters. The normalized spacial score (nSPS) is 11.1. The van der Waals surface area contributed by atoms with E-state index in [0.29, 0.717) is 12.2 Å². The van der Waals surface area contributed by atoms with E-state index < -0.39 is 23.6 Å². The monoisotopic (exact) mass is 503 g/mol. The highest BCUT2D eigenvalue weighted by Gasteiger charge is 2.30. The number of hydrogen-bond acceptors (Lipinski definition) is 7. The van der Waals surface area contributed by atoms with E-state index in [1.807, 2.05) is 30.3 Å². The first-order valence-electron chi connectivity index (χ1n) is 12.1. The van der Waals surface area contributed by atoms with E-state index in [1.165, 1.54) is 19.3 Å². The standard InChI is InChI=1S/C27H37NO6S/c1-6-7-8-9-10-14-17-32-25(30)22-19(2)21(24(29)34-27(3,4)5)23(35-22)28-26(31)33-18-20-15-12-11-13-16-20/h11-13,15-16H,6-10,14,17-18H2,1-5H3,(H,28,31). The molecule has 1 amide bonds. The van der Waals surface area contributed by atoms with Gasteiger partial charge in [-0.1, -0.05) is 69.4 Å². The second kappa shape index (κ2) is 13.9. The van der Waals surface area contributed by atoms with Crippen molar-refractivity contribution >= 4 is 34.4 Å². The molecular weight excluding hydrogens is 466 g/mol. The van der Waals surface area contributed by atoms with E-state index in [9.17, 15) is 14.4 Å². The van der Waals surface area contributed by atoms with Gasteiger partial charge in [-0.05, 0) is 45.2 Å². The van der Waals surface area contributed by atoms with Crippen LogP contribution in [0.2, 0.25) is 0 Å². The fourth-order valence-corrected chi connectivity index (χ4v) is 4.41. The number of benzene rings is 1. The van der Waals surface area contributed by atoms with Gasteiger partial charge in [0.25, 0.3) is 0 Å². The fourth-order valence-electron chi connectivity index (χ4n) is 3.34. The van der Waals surface area contributed by atoms with Crippen molar-refractivity contribution in [2.45, 2.75) is 85.4 Å². The van der Waals surface area contributed by atoms with E-state index in [-0.39, 0.29) is 22.0 Å². The van der Waals surface area contributed by atoms with Crippen LogP contribution in [0.25, 0.3) is 0 Å². The summed E-state index contributed by atoms with van der Waals surface area (Å²) in [6.45, 7) is 9.47. The summed E-state index contributed by atoms with van der Waals surface area (Å²) in [7, 11) is 0. The lowest BCUT2D eigenvalue weighted by molar-refractivity contribution is 0.00705. The Hall–Kier alpha value is -2.87. The highest BCUT2D eigenvalue weighted by atomic mass is 32.1. The Bertz CT molecular complexity index is 978. The minimum atomic E-state index is -0.741. The first kappa shape index (κ1) is 28.4. The minimum Gasteiger partial charge on any atom is -0.462 e. The van der Waals surface area contributed by atoms with Crippen molar-refractivity contribution in [2.24, 2.45) is 0 Å². The molecule has 1 heterocycles. The quantitative estimate of drug-likeness (QED) is 0.186. The highest BCUT2D eigenvalue weighted by molar-refractivity contribution is 7.18. The maximum Gasteiger partial charge on any atom is 0.412 e. The Morgan fingerprint density at radius 1 is 0.914 bits per heavy atom. The molecule has 0 fully saturated rings. The Morgan fingerprint density at radius 2 is 1.57 bits per heavy atom. The van der Waals surface area contributed by atoms with E-state index in [2.05, 4.69) is 12.2 Å². The number of thiophene rings is 1. The molecule has 192 valence electrons. The van der Waals surface area contributed by atoms with Crippen molar-refractivity contribution in [1.82, 2.24) is 0 Å². The zero-order chi connectivity index (χ0) is 25.8. The summed E-state index contributed by atoms with van der Waals surface area (Å²) in [4.78, 5) is 38.4. The van der Waals surface area contributed by atoms with Gasteiger partial charge in [0.2, 0.25) is 0 Å². The number of esters is 2. The number of amides is 1. The molecule has 0 aliphatic rings. The SMILES string of the molecule is CCCCCCCCOC(=O)c1sc(NC(=O)OCc2ccccc2)c(C(=O)OC(C)(C)C)c1C. The number of unbranched alkanes of at least 4 members (excludes halogenated alkanes) is 5. The summed E-state index contributed by atoms with van der Waals surface area (Å²) in [5.74, 6) is -1.14. The number of rotatable bonds is 12. The van der Waals surface area contributed by atoms with Crippen molar-refractivity contribution < 1.29 is 28.6 Å². The molecule has 1 aromatic heterocycles. The lowest BCUT2D eigenvalue weighted by atomic mass is 10.1. The smallest absolute Gasteiger partial charge is 0.412 e. The van der Waals surface area contributed by atoms with Crippen LogP contribution in [0.5, 0.6) is 0 Å².